The highest BCUT2D eigenvalue weighted by Gasteiger charge is 2.39. The van der Waals surface area contributed by atoms with Gasteiger partial charge in [0.05, 0.1) is 26.2 Å². The molecule has 0 unspecified atom stereocenters. The second-order valence-corrected chi connectivity index (χ2v) is 11.9. The van der Waals surface area contributed by atoms with Crippen LogP contribution in [0.2, 0.25) is 0 Å². The van der Waals surface area contributed by atoms with Gasteiger partial charge in [0.2, 0.25) is 41.4 Å². The molecule has 23 heteroatoms. The number of nitrogens with two attached hydrogens (primary N) is 5. The van der Waals surface area contributed by atoms with Crippen molar-refractivity contribution in [3.05, 3.63) is 0 Å². The molecule has 0 saturated carbocycles. The first-order chi connectivity index (χ1) is 24.6. The minimum atomic E-state index is -1.67. The summed E-state index contributed by atoms with van der Waals surface area (Å²) >= 11 is 0. The molecule has 1 rings (SSSR count). The van der Waals surface area contributed by atoms with Crippen molar-refractivity contribution in [2.24, 2.45) is 33.7 Å². The number of aliphatic hydroxyl groups excluding tert-OH is 2. The average molecular weight is 745 g/mol. The number of carbonyl (C=O) groups excluding carboxylic acids is 7. The molecular formula is C29H52N12O11. The Hall–Kier alpha value is -5.13. The van der Waals surface area contributed by atoms with E-state index in [1.165, 1.54) is 4.90 Å². The molecule has 0 aromatic carbocycles. The summed E-state index contributed by atoms with van der Waals surface area (Å²) in [5, 5.41) is 40.1. The van der Waals surface area contributed by atoms with E-state index in [2.05, 4.69) is 31.6 Å². The Morgan fingerprint density at radius 2 is 1.31 bits per heavy atom. The summed E-state index contributed by atoms with van der Waals surface area (Å²) in [4.78, 5) is 106. The van der Waals surface area contributed by atoms with Crippen LogP contribution in [-0.2, 0) is 38.4 Å². The van der Waals surface area contributed by atoms with Crippen molar-refractivity contribution in [3.8, 4) is 0 Å². The number of hydrogen-bond acceptors (Lipinski definition) is 13. The average Bonchev–Trinajstić information content (AvgIpc) is 3.59. The molecule has 23 nitrogen and oxygen atoms in total. The van der Waals surface area contributed by atoms with Crippen molar-refractivity contribution in [1.29, 1.82) is 0 Å². The van der Waals surface area contributed by atoms with Crippen LogP contribution >= 0.6 is 0 Å². The van der Waals surface area contributed by atoms with E-state index in [1.54, 1.807) is 0 Å². The fourth-order valence-corrected chi connectivity index (χ4v) is 5.15. The summed E-state index contributed by atoms with van der Waals surface area (Å²) < 4.78 is 0. The third kappa shape index (κ3) is 15.4. The molecule has 0 spiro atoms. The molecule has 0 radical (unpaired) electrons. The quantitative estimate of drug-likeness (QED) is 0.0248. The SMILES string of the molecule is NCCCC[C@H](NC(=O)[C@H](CO)NC(=O)[C@H](CC(N)=O)NC(=O)CN)C(=O)N[C@@H](CCCN=C(N)N)C(=O)N1CCC[C@H]1C(=O)N[C@@H](CO)C(=O)O. The largest absolute Gasteiger partial charge is 0.480 e. The number of aliphatic carboxylic acids is 1. The number of nitrogens with zero attached hydrogens (tertiary/aromatic N) is 2. The zero-order chi connectivity index (χ0) is 39.4. The number of hydrogen-bond donors (Lipinski definition) is 13. The van der Waals surface area contributed by atoms with Crippen molar-refractivity contribution < 1.29 is 53.7 Å². The molecule has 1 aliphatic rings. The summed E-state index contributed by atoms with van der Waals surface area (Å²) in [6.07, 6.45) is 0.802. The maximum absolute atomic E-state index is 13.9. The summed E-state index contributed by atoms with van der Waals surface area (Å²) in [7, 11) is 0. The van der Waals surface area contributed by atoms with Gasteiger partial charge < -0.3 is 75.5 Å². The highest BCUT2D eigenvalue weighted by Crippen LogP contribution is 2.20. The number of carboxylic acids is 1. The number of carbonyl (C=O) groups is 8. The van der Waals surface area contributed by atoms with Gasteiger partial charge in [-0.25, -0.2) is 4.79 Å². The molecule has 294 valence electrons. The van der Waals surface area contributed by atoms with Gasteiger partial charge in [0.1, 0.15) is 36.3 Å². The van der Waals surface area contributed by atoms with Gasteiger partial charge in [-0.05, 0) is 51.5 Å². The molecule has 6 atom stereocenters. The predicted octanol–water partition coefficient (Wildman–Crippen LogP) is -7.51. The molecule has 1 saturated heterocycles. The first-order valence-electron chi connectivity index (χ1n) is 16.6. The summed E-state index contributed by atoms with van der Waals surface area (Å²) in [6.45, 7) is -1.97. The number of aliphatic imine (C=N–C) groups is 1. The molecule has 0 aromatic heterocycles. The van der Waals surface area contributed by atoms with E-state index < -0.39 is 110 Å². The first-order valence-corrected chi connectivity index (χ1v) is 16.6. The number of primary amides is 1. The number of likely N-dealkylation sites (tertiary alicyclic amines) is 1. The Kier molecular flexibility index (Phi) is 20.2. The van der Waals surface area contributed by atoms with Crippen LogP contribution in [0.15, 0.2) is 4.99 Å². The molecule has 1 heterocycles. The molecule has 1 aliphatic heterocycles. The van der Waals surface area contributed by atoms with Gasteiger partial charge in [-0.2, -0.15) is 0 Å². The van der Waals surface area contributed by atoms with Gasteiger partial charge in [-0.1, -0.05) is 0 Å². The lowest BCUT2D eigenvalue weighted by molar-refractivity contribution is -0.145. The Morgan fingerprint density at radius 1 is 0.731 bits per heavy atom. The molecule has 0 aliphatic carbocycles. The zero-order valence-corrected chi connectivity index (χ0v) is 28.8. The van der Waals surface area contributed by atoms with E-state index in [0.717, 1.165) is 0 Å². The molecule has 18 N–H and O–H groups in total. The summed E-state index contributed by atoms with van der Waals surface area (Å²) in [5.41, 5.74) is 26.8. The number of rotatable bonds is 24. The number of aliphatic hydroxyl groups is 2. The molecule has 1 fully saturated rings. The Labute approximate surface area is 299 Å². The lowest BCUT2D eigenvalue weighted by atomic mass is 10.0. The first kappa shape index (κ1) is 44.9. The normalized spacial score (nSPS) is 16.6. The molecule has 52 heavy (non-hydrogen) atoms. The van der Waals surface area contributed by atoms with Crippen molar-refractivity contribution >= 4 is 53.3 Å². The highest BCUT2D eigenvalue weighted by atomic mass is 16.4. The lowest BCUT2D eigenvalue weighted by Gasteiger charge is -2.30. The van der Waals surface area contributed by atoms with Gasteiger partial charge >= 0.3 is 5.97 Å². The number of amides is 7. The molecule has 0 bridgehead atoms. The van der Waals surface area contributed by atoms with Crippen LogP contribution in [0.25, 0.3) is 0 Å². The molecule has 0 aromatic rings. The highest BCUT2D eigenvalue weighted by molar-refractivity contribution is 5.98. The van der Waals surface area contributed by atoms with Gasteiger partial charge in [0.15, 0.2) is 5.96 Å². The van der Waals surface area contributed by atoms with E-state index in [1.807, 2.05) is 0 Å². The summed E-state index contributed by atoms with van der Waals surface area (Å²) in [5.74, 6) is -7.90. The van der Waals surface area contributed by atoms with Crippen molar-refractivity contribution in [3.63, 3.8) is 0 Å². The monoisotopic (exact) mass is 744 g/mol. The van der Waals surface area contributed by atoms with E-state index in [9.17, 15) is 53.7 Å². The predicted molar refractivity (Wildman–Crippen MR) is 182 cm³/mol. The van der Waals surface area contributed by atoms with Crippen LogP contribution < -0.4 is 55.3 Å². The maximum Gasteiger partial charge on any atom is 0.328 e. The fourth-order valence-electron chi connectivity index (χ4n) is 5.15. The van der Waals surface area contributed by atoms with Crippen molar-refractivity contribution in [2.75, 3.05) is 39.4 Å². The zero-order valence-electron chi connectivity index (χ0n) is 28.8. The third-order valence-corrected chi connectivity index (χ3v) is 7.83. The van der Waals surface area contributed by atoms with Gasteiger partial charge in [0.25, 0.3) is 0 Å². The number of nitrogens with one attached hydrogen (secondary N) is 5. The van der Waals surface area contributed by atoms with E-state index in [0.29, 0.717) is 19.3 Å². The maximum atomic E-state index is 13.9. The third-order valence-electron chi connectivity index (χ3n) is 7.83. The van der Waals surface area contributed by atoms with E-state index >= 15 is 0 Å². The van der Waals surface area contributed by atoms with Crippen molar-refractivity contribution in [2.45, 2.75) is 87.6 Å². The molecular weight excluding hydrogens is 692 g/mol. The topological polar surface area (TPSA) is 403 Å². The van der Waals surface area contributed by atoms with Crippen LogP contribution in [0.3, 0.4) is 0 Å². The van der Waals surface area contributed by atoms with Crippen LogP contribution in [-0.4, -0.2) is 149 Å². The standard InChI is InChI=1S/C29H52N12O11/c30-8-2-1-5-15(37-25(48)18(13-42)39-24(47)17(11-21(32)44)36-22(45)12-31)23(46)38-16(6-3-9-35-29(33)34)27(50)41-10-4-7-20(41)26(49)40-19(14-43)28(51)52/h15-20,42-43H,1-14,30-31H2,(H2,32,44)(H,36,45)(H,37,48)(H,38,46)(H,39,47)(H,40,49)(H,51,52)(H4,33,34,35)/t15-,16-,17-,18-,19-,20-/m0/s1. The lowest BCUT2D eigenvalue weighted by Crippen LogP contribution is -2.60. The van der Waals surface area contributed by atoms with E-state index in [-0.39, 0.29) is 51.3 Å². The Morgan fingerprint density at radius 3 is 1.87 bits per heavy atom. The Balaban J connectivity index is 3.27. The van der Waals surface area contributed by atoms with Gasteiger partial charge in [-0.3, -0.25) is 38.6 Å². The Bertz CT molecular complexity index is 1300. The van der Waals surface area contributed by atoms with Crippen LogP contribution in [0.1, 0.15) is 51.4 Å². The van der Waals surface area contributed by atoms with Crippen LogP contribution in [0.5, 0.6) is 0 Å². The molecule has 7 amide bonds. The minimum absolute atomic E-state index is 0.000874. The van der Waals surface area contributed by atoms with Gasteiger partial charge in [-0.15, -0.1) is 0 Å². The van der Waals surface area contributed by atoms with Gasteiger partial charge in [0, 0.05) is 13.1 Å². The van der Waals surface area contributed by atoms with Crippen LogP contribution in [0.4, 0.5) is 0 Å². The minimum Gasteiger partial charge on any atom is -0.480 e. The summed E-state index contributed by atoms with van der Waals surface area (Å²) in [6, 6.07) is -8.54. The van der Waals surface area contributed by atoms with Crippen molar-refractivity contribution in [1.82, 2.24) is 31.5 Å². The second-order valence-electron chi connectivity index (χ2n) is 11.9. The number of carboxylic acid groups (broad SMARTS) is 1. The smallest absolute Gasteiger partial charge is 0.328 e. The van der Waals surface area contributed by atoms with Crippen LogP contribution in [0, 0.1) is 0 Å². The second kappa shape index (κ2) is 23.4. The number of guanidine groups is 1. The number of unbranched alkanes of at least 4 members (excludes halogenated alkanes) is 1. The fraction of sp³-hybridized carbons (Fsp3) is 0.690. The van der Waals surface area contributed by atoms with E-state index in [4.69, 9.17) is 28.7 Å².